The molecule has 5 nitrogen and oxygen atoms in total. The van der Waals surface area contributed by atoms with Crippen LogP contribution in [0.5, 0.6) is 0 Å². The van der Waals surface area contributed by atoms with E-state index in [1.165, 1.54) is 10.8 Å². The smallest absolute Gasteiger partial charge is 0.250 e. The number of hydrogen-bond donors (Lipinski definition) is 0. The lowest BCUT2D eigenvalue weighted by Crippen LogP contribution is -2.49. The Hall–Kier alpha value is -2.92. The van der Waals surface area contributed by atoms with Crippen molar-refractivity contribution in [3.63, 3.8) is 0 Å². The van der Waals surface area contributed by atoms with E-state index >= 15 is 0 Å². The fourth-order valence-corrected chi connectivity index (χ4v) is 5.17. The minimum Gasteiger partial charge on any atom is -0.384 e. The standard InChI is InChI=1S/C25H26N2O3/c1-30-11-10-23(28)26-14-17-12-21(16-26)25-22(8-9-24(29)27(25)15-17)20-7-6-18-4-2-3-5-19(18)13-20/h2-9,13,17,21H,10-12,14-16H2,1H3/t17-,21-/m1/s1. The third kappa shape index (κ3) is 3.33. The lowest BCUT2D eigenvalue weighted by atomic mass is 9.80. The predicted molar refractivity (Wildman–Crippen MR) is 118 cm³/mol. The summed E-state index contributed by atoms with van der Waals surface area (Å²) in [5, 5.41) is 2.39. The Morgan fingerprint density at radius 3 is 2.70 bits per heavy atom. The van der Waals surface area contributed by atoms with Crippen molar-refractivity contribution in [3.05, 3.63) is 70.6 Å². The third-order valence-electron chi connectivity index (χ3n) is 6.52. The molecule has 0 unspecified atom stereocenters. The monoisotopic (exact) mass is 402 g/mol. The van der Waals surface area contributed by atoms with E-state index in [2.05, 4.69) is 30.3 Å². The first-order chi connectivity index (χ1) is 14.6. The van der Waals surface area contributed by atoms with Gasteiger partial charge in [0.15, 0.2) is 0 Å². The Labute approximate surface area is 175 Å². The lowest BCUT2D eigenvalue weighted by molar-refractivity contribution is -0.134. The van der Waals surface area contributed by atoms with Crippen molar-refractivity contribution in [1.29, 1.82) is 0 Å². The van der Waals surface area contributed by atoms with Crippen molar-refractivity contribution in [2.24, 2.45) is 5.92 Å². The Morgan fingerprint density at radius 1 is 1.03 bits per heavy atom. The Bertz CT molecular complexity index is 1170. The first kappa shape index (κ1) is 19.1. The average molecular weight is 402 g/mol. The van der Waals surface area contributed by atoms with E-state index in [9.17, 15) is 9.59 Å². The first-order valence-electron chi connectivity index (χ1n) is 10.6. The maximum Gasteiger partial charge on any atom is 0.250 e. The molecule has 3 heterocycles. The van der Waals surface area contributed by atoms with Crippen LogP contribution in [0.1, 0.15) is 24.5 Å². The van der Waals surface area contributed by atoms with Gasteiger partial charge in [-0.3, -0.25) is 9.59 Å². The highest BCUT2D eigenvalue weighted by atomic mass is 16.5. The van der Waals surface area contributed by atoms with Gasteiger partial charge in [-0.05, 0) is 40.8 Å². The number of fused-ring (bicyclic) bond motifs is 5. The van der Waals surface area contributed by atoms with Crippen LogP contribution in [0.3, 0.4) is 0 Å². The van der Waals surface area contributed by atoms with Gasteiger partial charge < -0.3 is 14.2 Å². The number of pyridine rings is 1. The number of carbonyl (C=O) groups is 1. The summed E-state index contributed by atoms with van der Waals surface area (Å²) in [6.45, 7) is 2.53. The van der Waals surface area contributed by atoms with Crippen molar-refractivity contribution >= 4 is 16.7 Å². The molecule has 2 aliphatic rings. The molecule has 2 aliphatic heterocycles. The summed E-state index contributed by atoms with van der Waals surface area (Å²) >= 11 is 0. The minimum absolute atomic E-state index is 0.0587. The van der Waals surface area contributed by atoms with E-state index in [1.807, 2.05) is 27.7 Å². The van der Waals surface area contributed by atoms with Crippen molar-refractivity contribution < 1.29 is 9.53 Å². The topological polar surface area (TPSA) is 51.5 Å². The van der Waals surface area contributed by atoms with Crippen LogP contribution in [0, 0.1) is 5.92 Å². The quantitative estimate of drug-likeness (QED) is 0.669. The zero-order valence-electron chi connectivity index (χ0n) is 17.2. The van der Waals surface area contributed by atoms with Crippen molar-refractivity contribution in [2.45, 2.75) is 25.3 Å². The molecular weight excluding hydrogens is 376 g/mol. The fourth-order valence-electron chi connectivity index (χ4n) is 5.17. The number of nitrogens with zero attached hydrogens (tertiary/aromatic N) is 2. The summed E-state index contributed by atoms with van der Waals surface area (Å²) in [5.41, 5.74) is 3.37. The van der Waals surface area contributed by atoms with Gasteiger partial charge in [0.05, 0.1) is 13.0 Å². The first-order valence-corrected chi connectivity index (χ1v) is 10.6. The number of methoxy groups -OCH3 is 1. The molecule has 1 saturated heterocycles. The molecule has 2 bridgehead atoms. The second-order valence-corrected chi connectivity index (χ2v) is 8.48. The minimum atomic E-state index is 0.0587. The number of piperidine rings is 1. The molecule has 1 aromatic heterocycles. The molecule has 154 valence electrons. The molecule has 0 N–H and O–H groups in total. The lowest BCUT2D eigenvalue weighted by Gasteiger charge is -2.43. The molecule has 0 radical (unpaired) electrons. The predicted octanol–water partition coefficient (Wildman–Crippen LogP) is 3.65. The molecule has 5 heteroatoms. The summed E-state index contributed by atoms with van der Waals surface area (Å²) in [6, 6.07) is 18.5. The van der Waals surface area contributed by atoms with Crippen LogP contribution in [0.2, 0.25) is 0 Å². The van der Waals surface area contributed by atoms with Gasteiger partial charge >= 0.3 is 0 Å². The van der Waals surface area contributed by atoms with Gasteiger partial charge in [-0.2, -0.15) is 0 Å². The normalized spacial score (nSPS) is 20.2. The number of likely N-dealkylation sites (tertiary alicyclic amines) is 1. The average Bonchev–Trinajstić information content (AvgIpc) is 2.77. The van der Waals surface area contributed by atoms with Gasteiger partial charge in [0.1, 0.15) is 0 Å². The van der Waals surface area contributed by atoms with E-state index in [0.717, 1.165) is 29.8 Å². The summed E-state index contributed by atoms with van der Waals surface area (Å²) in [5.74, 6) is 0.650. The van der Waals surface area contributed by atoms with Crippen molar-refractivity contribution in [3.8, 4) is 11.1 Å². The summed E-state index contributed by atoms with van der Waals surface area (Å²) in [7, 11) is 1.62. The maximum atomic E-state index is 12.7. The Kier molecular flexibility index (Phi) is 4.91. The van der Waals surface area contributed by atoms with E-state index < -0.39 is 0 Å². The maximum absolute atomic E-state index is 12.7. The van der Waals surface area contributed by atoms with Gasteiger partial charge in [-0.25, -0.2) is 0 Å². The molecule has 2 atom stereocenters. The number of ether oxygens (including phenoxy) is 1. The number of hydrogen-bond acceptors (Lipinski definition) is 3. The van der Waals surface area contributed by atoms with Crippen molar-refractivity contribution in [1.82, 2.24) is 9.47 Å². The van der Waals surface area contributed by atoms with Crippen LogP contribution in [0.25, 0.3) is 21.9 Å². The van der Waals surface area contributed by atoms with Crippen molar-refractivity contribution in [2.75, 3.05) is 26.8 Å². The van der Waals surface area contributed by atoms with Gasteiger partial charge in [0.25, 0.3) is 5.56 Å². The number of rotatable bonds is 4. The summed E-state index contributed by atoms with van der Waals surface area (Å²) < 4.78 is 7.05. The molecule has 3 aromatic rings. The zero-order valence-corrected chi connectivity index (χ0v) is 17.2. The van der Waals surface area contributed by atoms with Gasteiger partial charge in [0, 0.05) is 50.0 Å². The molecule has 2 aromatic carbocycles. The molecule has 0 saturated carbocycles. The van der Waals surface area contributed by atoms with Crippen LogP contribution >= 0.6 is 0 Å². The second-order valence-electron chi connectivity index (χ2n) is 8.48. The van der Waals surface area contributed by atoms with Crippen LogP contribution < -0.4 is 5.56 Å². The third-order valence-corrected chi connectivity index (χ3v) is 6.52. The van der Waals surface area contributed by atoms with Crippen LogP contribution in [-0.2, 0) is 16.1 Å². The van der Waals surface area contributed by atoms with Gasteiger partial charge in [-0.15, -0.1) is 0 Å². The Morgan fingerprint density at radius 2 is 1.87 bits per heavy atom. The molecule has 1 amide bonds. The van der Waals surface area contributed by atoms with E-state index in [0.29, 0.717) is 32.0 Å². The van der Waals surface area contributed by atoms with Gasteiger partial charge in [-0.1, -0.05) is 36.4 Å². The Balaban J connectivity index is 1.56. The van der Waals surface area contributed by atoms with E-state index in [4.69, 9.17) is 4.74 Å². The number of amides is 1. The highest BCUT2D eigenvalue weighted by molar-refractivity contribution is 5.87. The highest BCUT2D eigenvalue weighted by Gasteiger charge is 2.37. The molecule has 30 heavy (non-hydrogen) atoms. The summed E-state index contributed by atoms with van der Waals surface area (Å²) in [6.07, 6.45) is 1.44. The second kappa shape index (κ2) is 7.73. The molecule has 5 rings (SSSR count). The highest BCUT2D eigenvalue weighted by Crippen LogP contribution is 2.40. The fraction of sp³-hybridized carbons (Fsp3) is 0.360. The van der Waals surface area contributed by atoms with Gasteiger partial charge in [0.2, 0.25) is 5.91 Å². The molecule has 1 fully saturated rings. The summed E-state index contributed by atoms with van der Waals surface area (Å²) in [4.78, 5) is 27.3. The van der Waals surface area contributed by atoms with E-state index in [1.54, 1.807) is 13.2 Å². The van der Waals surface area contributed by atoms with E-state index in [-0.39, 0.29) is 17.4 Å². The molecule has 0 spiro atoms. The molecule has 0 aliphatic carbocycles. The largest absolute Gasteiger partial charge is 0.384 e. The number of benzene rings is 2. The van der Waals surface area contributed by atoms with Crippen LogP contribution in [0.15, 0.2) is 59.4 Å². The number of aromatic nitrogens is 1. The van der Waals surface area contributed by atoms with Crippen LogP contribution in [0.4, 0.5) is 0 Å². The van der Waals surface area contributed by atoms with Crippen LogP contribution in [-0.4, -0.2) is 42.2 Å². The number of carbonyl (C=O) groups excluding carboxylic acids is 1. The SMILES string of the molecule is COCCC(=O)N1C[C@H]2C[C@H](C1)c1c(-c3ccc4ccccc4c3)ccc(=O)n1C2. The molecular formula is C25H26N2O3. The zero-order chi connectivity index (χ0) is 20.7.